The average Bonchev–Trinajstić information content (AvgIpc) is 2.99. The molecule has 2 N–H and O–H groups in total. The van der Waals surface area contributed by atoms with Crippen LogP contribution < -0.4 is 10.6 Å². The van der Waals surface area contributed by atoms with Gasteiger partial charge in [-0.15, -0.1) is 0 Å². The van der Waals surface area contributed by atoms with Gasteiger partial charge in [-0.2, -0.15) is 0 Å². The lowest BCUT2D eigenvalue weighted by Crippen LogP contribution is -2.37. The molecule has 0 fully saturated rings. The second-order valence-corrected chi connectivity index (χ2v) is 4.83. The first-order valence-electron chi connectivity index (χ1n) is 6.48. The maximum atomic E-state index is 11.6. The smallest absolute Gasteiger partial charge is 0.287 e. The number of hydrogen-bond acceptors (Lipinski definition) is 3. The summed E-state index contributed by atoms with van der Waals surface area (Å²) in [6.07, 6.45) is 2.08. The molecular formula is C15H15ClN2O3. The fourth-order valence-electron chi connectivity index (χ4n) is 1.76. The van der Waals surface area contributed by atoms with Gasteiger partial charge in [-0.1, -0.05) is 23.7 Å². The number of furan rings is 1. The molecular weight excluding hydrogens is 292 g/mol. The minimum absolute atomic E-state index is 0.0882. The Balaban J connectivity index is 1.67. The first-order valence-corrected chi connectivity index (χ1v) is 6.86. The number of hydrogen-bond donors (Lipinski definition) is 2. The van der Waals surface area contributed by atoms with Gasteiger partial charge in [0, 0.05) is 11.6 Å². The quantitative estimate of drug-likeness (QED) is 0.857. The molecule has 1 heterocycles. The number of nitrogens with one attached hydrogen (secondary N) is 2. The maximum Gasteiger partial charge on any atom is 0.287 e. The number of halogens is 1. The van der Waals surface area contributed by atoms with Gasteiger partial charge >= 0.3 is 0 Å². The molecule has 2 amide bonds. The van der Waals surface area contributed by atoms with E-state index < -0.39 is 5.91 Å². The summed E-state index contributed by atoms with van der Waals surface area (Å²) in [6.45, 7) is 0.394. The summed E-state index contributed by atoms with van der Waals surface area (Å²) in [5.74, 6) is -0.483. The SMILES string of the molecule is O=C(CNC(=O)c1ccco1)NCCc1cccc(Cl)c1. The molecule has 0 atom stereocenters. The van der Waals surface area contributed by atoms with Crippen LogP contribution in [0.2, 0.25) is 5.02 Å². The second-order valence-electron chi connectivity index (χ2n) is 4.39. The normalized spacial score (nSPS) is 10.1. The fourth-order valence-corrected chi connectivity index (χ4v) is 1.97. The summed E-state index contributed by atoms with van der Waals surface area (Å²) >= 11 is 5.88. The number of carbonyl (C=O) groups is 2. The van der Waals surface area contributed by atoms with Crippen LogP contribution in [-0.4, -0.2) is 24.9 Å². The average molecular weight is 307 g/mol. The molecule has 0 saturated heterocycles. The first kappa shape index (κ1) is 15.1. The minimum atomic E-state index is -0.412. The van der Waals surface area contributed by atoms with Crippen LogP contribution in [0.1, 0.15) is 16.1 Å². The van der Waals surface area contributed by atoms with E-state index in [9.17, 15) is 9.59 Å². The molecule has 0 radical (unpaired) electrons. The molecule has 0 bridgehead atoms. The van der Waals surface area contributed by atoms with E-state index in [2.05, 4.69) is 10.6 Å². The van der Waals surface area contributed by atoms with E-state index in [0.29, 0.717) is 18.0 Å². The third kappa shape index (κ3) is 4.96. The molecule has 2 rings (SSSR count). The van der Waals surface area contributed by atoms with Crippen LogP contribution in [0.5, 0.6) is 0 Å². The van der Waals surface area contributed by atoms with E-state index in [-0.39, 0.29) is 18.2 Å². The Morgan fingerprint density at radius 2 is 2.00 bits per heavy atom. The fraction of sp³-hybridized carbons (Fsp3) is 0.200. The molecule has 0 aliphatic heterocycles. The lowest BCUT2D eigenvalue weighted by atomic mass is 10.1. The van der Waals surface area contributed by atoms with Crippen LogP contribution in [0.25, 0.3) is 0 Å². The van der Waals surface area contributed by atoms with Gasteiger partial charge in [0.15, 0.2) is 5.76 Å². The third-order valence-electron chi connectivity index (χ3n) is 2.78. The van der Waals surface area contributed by atoms with Gasteiger partial charge in [-0.25, -0.2) is 0 Å². The number of rotatable bonds is 6. The van der Waals surface area contributed by atoms with Crippen LogP contribution in [0, 0.1) is 0 Å². The van der Waals surface area contributed by atoms with Crippen molar-refractivity contribution in [2.24, 2.45) is 0 Å². The zero-order valence-electron chi connectivity index (χ0n) is 11.3. The largest absolute Gasteiger partial charge is 0.459 e. The van der Waals surface area contributed by atoms with Crippen molar-refractivity contribution in [2.75, 3.05) is 13.1 Å². The Labute approximate surface area is 127 Å². The molecule has 6 heteroatoms. The summed E-state index contributed by atoms with van der Waals surface area (Å²) in [5, 5.41) is 5.87. The second kappa shape index (κ2) is 7.50. The third-order valence-corrected chi connectivity index (χ3v) is 3.01. The Morgan fingerprint density at radius 3 is 2.71 bits per heavy atom. The summed E-state index contributed by atoms with van der Waals surface area (Å²) in [7, 11) is 0. The van der Waals surface area contributed by atoms with Crippen molar-refractivity contribution in [1.29, 1.82) is 0 Å². The van der Waals surface area contributed by atoms with Crippen molar-refractivity contribution >= 4 is 23.4 Å². The van der Waals surface area contributed by atoms with Gasteiger partial charge in [0.2, 0.25) is 5.91 Å². The number of amides is 2. The topological polar surface area (TPSA) is 71.3 Å². The number of benzene rings is 1. The summed E-state index contributed by atoms with van der Waals surface area (Å²) in [5.41, 5.74) is 1.04. The zero-order valence-corrected chi connectivity index (χ0v) is 12.0. The summed E-state index contributed by atoms with van der Waals surface area (Å²) < 4.78 is 4.92. The van der Waals surface area contributed by atoms with Gasteiger partial charge in [-0.05, 0) is 36.2 Å². The van der Waals surface area contributed by atoms with Gasteiger partial charge < -0.3 is 15.1 Å². The molecule has 0 aliphatic rings. The van der Waals surface area contributed by atoms with Crippen molar-refractivity contribution in [2.45, 2.75) is 6.42 Å². The molecule has 1 aromatic carbocycles. The molecule has 2 aromatic rings. The van der Waals surface area contributed by atoms with Crippen LogP contribution in [-0.2, 0) is 11.2 Å². The van der Waals surface area contributed by atoms with Crippen LogP contribution in [0.4, 0.5) is 0 Å². The van der Waals surface area contributed by atoms with Gasteiger partial charge in [-0.3, -0.25) is 9.59 Å². The molecule has 5 nitrogen and oxygen atoms in total. The van der Waals surface area contributed by atoms with Crippen molar-refractivity contribution in [3.8, 4) is 0 Å². The molecule has 1 aromatic heterocycles. The zero-order chi connectivity index (χ0) is 15.1. The van der Waals surface area contributed by atoms with Crippen LogP contribution in [0.15, 0.2) is 47.1 Å². The minimum Gasteiger partial charge on any atom is -0.459 e. The van der Waals surface area contributed by atoms with Gasteiger partial charge in [0.1, 0.15) is 0 Å². The molecule has 0 unspecified atom stereocenters. The molecule has 0 spiro atoms. The lowest BCUT2D eigenvalue weighted by molar-refractivity contribution is -0.120. The molecule has 0 aliphatic carbocycles. The van der Waals surface area contributed by atoms with E-state index in [1.807, 2.05) is 18.2 Å². The van der Waals surface area contributed by atoms with Crippen molar-refractivity contribution in [1.82, 2.24) is 10.6 Å². The van der Waals surface area contributed by atoms with Gasteiger partial charge in [0.25, 0.3) is 5.91 Å². The predicted molar refractivity (Wildman–Crippen MR) is 79.2 cm³/mol. The Hall–Kier alpha value is -2.27. The van der Waals surface area contributed by atoms with E-state index >= 15 is 0 Å². The van der Waals surface area contributed by atoms with E-state index in [4.69, 9.17) is 16.0 Å². The number of carbonyl (C=O) groups excluding carboxylic acids is 2. The van der Waals surface area contributed by atoms with E-state index in [0.717, 1.165) is 5.56 Å². The maximum absolute atomic E-state index is 11.6. The highest BCUT2D eigenvalue weighted by molar-refractivity contribution is 6.30. The Kier molecular flexibility index (Phi) is 5.40. The van der Waals surface area contributed by atoms with E-state index in [1.54, 1.807) is 12.1 Å². The Morgan fingerprint density at radius 1 is 1.14 bits per heavy atom. The standard InChI is InChI=1S/C15H15ClN2O3/c16-12-4-1-3-11(9-12)6-7-17-14(19)10-18-15(20)13-5-2-8-21-13/h1-5,8-9H,6-7,10H2,(H,17,19)(H,18,20). The monoisotopic (exact) mass is 306 g/mol. The summed E-state index contributed by atoms with van der Waals surface area (Å²) in [6, 6.07) is 10.6. The molecule has 110 valence electrons. The lowest BCUT2D eigenvalue weighted by Gasteiger charge is -2.06. The van der Waals surface area contributed by atoms with Crippen molar-refractivity contribution < 1.29 is 14.0 Å². The highest BCUT2D eigenvalue weighted by atomic mass is 35.5. The Bertz CT molecular complexity index is 611. The predicted octanol–water partition coefficient (Wildman–Crippen LogP) is 2.02. The summed E-state index contributed by atoms with van der Waals surface area (Å²) in [4.78, 5) is 23.1. The van der Waals surface area contributed by atoms with Crippen molar-refractivity contribution in [3.63, 3.8) is 0 Å². The highest BCUT2D eigenvalue weighted by Crippen LogP contribution is 2.10. The highest BCUT2D eigenvalue weighted by Gasteiger charge is 2.09. The van der Waals surface area contributed by atoms with Crippen LogP contribution >= 0.6 is 11.6 Å². The molecule has 21 heavy (non-hydrogen) atoms. The van der Waals surface area contributed by atoms with Gasteiger partial charge in [0.05, 0.1) is 12.8 Å². The van der Waals surface area contributed by atoms with Crippen molar-refractivity contribution in [3.05, 3.63) is 59.0 Å². The van der Waals surface area contributed by atoms with Crippen LogP contribution in [0.3, 0.4) is 0 Å². The van der Waals surface area contributed by atoms with E-state index in [1.165, 1.54) is 12.3 Å². The molecule has 0 saturated carbocycles. The first-order chi connectivity index (χ1) is 10.1.